The molecule has 0 saturated heterocycles. The van der Waals surface area contributed by atoms with Crippen LogP contribution in [-0.4, -0.2) is 4.92 Å². The predicted molar refractivity (Wildman–Crippen MR) is 39.8 cm³/mol. The summed E-state index contributed by atoms with van der Waals surface area (Å²) in [7, 11) is 0. The minimum Gasteiger partial charge on any atom is -0.618 e. The largest absolute Gasteiger partial charge is 0.618 e. The SMILES string of the molecule is O=[N+]([O-])c1ccc(Br)[n+]([O-])c1. The molecule has 1 rings (SSSR count). The summed E-state index contributed by atoms with van der Waals surface area (Å²) in [5.41, 5.74) is -0.219. The van der Waals surface area contributed by atoms with Crippen LogP contribution in [0.15, 0.2) is 22.9 Å². The summed E-state index contributed by atoms with van der Waals surface area (Å²) in [4.78, 5) is 9.48. The van der Waals surface area contributed by atoms with Crippen molar-refractivity contribution in [1.82, 2.24) is 0 Å². The van der Waals surface area contributed by atoms with Gasteiger partial charge in [-0.15, -0.1) is 0 Å². The number of halogens is 1. The Balaban J connectivity index is 3.15. The van der Waals surface area contributed by atoms with E-state index in [0.29, 0.717) is 4.73 Å². The number of pyridine rings is 1. The number of nitro groups is 1. The Morgan fingerprint density at radius 3 is 2.64 bits per heavy atom. The first-order valence-electron chi connectivity index (χ1n) is 2.64. The quantitative estimate of drug-likeness (QED) is 0.232. The molecule has 0 atom stereocenters. The molecule has 1 aromatic rings. The van der Waals surface area contributed by atoms with Crippen LogP contribution in [0.5, 0.6) is 0 Å². The van der Waals surface area contributed by atoms with Gasteiger partial charge in [-0.25, -0.2) is 0 Å². The van der Waals surface area contributed by atoms with E-state index in [1.807, 2.05) is 0 Å². The van der Waals surface area contributed by atoms with E-state index in [0.717, 1.165) is 6.20 Å². The van der Waals surface area contributed by atoms with Gasteiger partial charge in [-0.1, -0.05) is 0 Å². The molecule has 0 N–H and O–H groups in total. The van der Waals surface area contributed by atoms with Crippen molar-refractivity contribution in [2.45, 2.75) is 0 Å². The van der Waals surface area contributed by atoms with Crippen LogP contribution in [0.2, 0.25) is 0 Å². The Hall–Kier alpha value is -1.17. The summed E-state index contributed by atoms with van der Waals surface area (Å²) in [5, 5.41) is 20.8. The minimum absolute atomic E-state index is 0.219. The topological polar surface area (TPSA) is 70.1 Å². The molecule has 6 heteroatoms. The molecule has 0 aliphatic carbocycles. The molecule has 0 saturated carbocycles. The first-order chi connectivity index (χ1) is 5.11. The van der Waals surface area contributed by atoms with Crippen LogP contribution in [0.25, 0.3) is 0 Å². The van der Waals surface area contributed by atoms with Crippen LogP contribution in [0, 0.1) is 15.3 Å². The van der Waals surface area contributed by atoms with E-state index >= 15 is 0 Å². The fourth-order valence-corrected chi connectivity index (χ4v) is 0.795. The number of hydrogen-bond donors (Lipinski definition) is 0. The van der Waals surface area contributed by atoms with Gasteiger partial charge in [0.2, 0.25) is 0 Å². The number of nitrogens with zero attached hydrogens (tertiary/aromatic N) is 2. The standard InChI is InChI=1S/C5H3BrN2O3/c6-5-2-1-4(8(10)11)3-7(5)9/h1-3H. The van der Waals surface area contributed by atoms with E-state index in [1.165, 1.54) is 12.1 Å². The van der Waals surface area contributed by atoms with E-state index in [1.54, 1.807) is 0 Å². The highest BCUT2D eigenvalue weighted by Gasteiger charge is 2.10. The van der Waals surface area contributed by atoms with Gasteiger partial charge >= 0.3 is 5.69 Å². The van der Waals surface area contributed by atoms with Crippen molar-refractivity contribution < 1.29 is 9.65 Å². The highest BCUT2D eigenvalue weighted by molar-refractivity contribution is 9.10. The van der Waals surface area contributed by atoms with E-state index in [4.69, 9.17) is 0 Å². The molecule has 1 aromatic heterocycles. The second-order valence-electron chi connectivity index (χ2n) is 1.79. The molecule has 0 radical (unpaired) electrons. The monoisotopic (exact) mass is 218 g/mol. The summed E-state index contributed by atoms with van der Waals surface area (Å²) < 4.78 is 0.640. The molecule has 0 amide bonds. The van der Waals surface area contributed by atoms with Crippen LogP contribution < -0.4 is 4.73 Å². The lowest BCUT2D eigenvalue weighted by molar-refractivity contribution is -0.621. The molecule has 0 aromatic carbocycles. The Kier molecular flexibility index (Phi) is 2.04. The predicted octanol–water partition coefficient (Wildman–Crippen LogP) is 0.991. The Morgan fingerprint density at radius 2 is 2.18 bits per heavy atom. The molecular formula is C5H3BrN2O3. The molecule has 0 aliphatic heterocycles. The summed E-state index contributed by atoms with van der Waals surface area (Å²) in [6.45, 7) is 0. The van der Waals surface area contributed by atoms with Gasteiger partial charge < -0.3 is 5.21 Å². The van der Waals surface area contributed by atoms with Crippen LogP contribution in [-0.2, 0) is 0 Å². The first kappa shape index (κ1) is 7.93. The lowest BCUT2D eigenvalue weighted by Gasteiger charge is -1.96. The van der Waals surface area contributed by atoms with Crippen molar-refractivity contribution in [3.8, 4) is 0 Å². The average molecular weight is 219 g/mol. The zero-order valence-corrected chi connectivity index (χ0v) is 6.82. The smallest absolute Gasteiger partial charge is 0.333 e. The van der Waals surface area contributed by atoms with Crippen molar-refractivity contribution in [1.29, 1.82) is 0 Å². The Morgan fingerprint density at radius 1 is 1.55 bits per heavy atom. The highest BCUT2D eigenvalue weighted by Crippen LogP contribution is 2.10. The molecule has 0 unspecified atom stereocenters. The third-order valence-electron chi connectivity index (χ3n) is 1.06. The van der Waals surface area contributed by atoms with E-state index in [-0.39, 0.29) is 10.3 Å². The second kappa shape index (κ2) is 2.83. The lowest BCUT2D eigenvalue weighted by Crippen LogP contribution is -2.27. The molecule has 5 nitrogen and oxygen atoms in total. The molecule has 0 aliphatic rings. The van der Waals surface area contributed by atoms with Gasteiger partial charge in [0, 0.05) is 28.1 Å². The molecule has 58 valence electrons. The fourth-order valence-electron chi connectivity index (χ4n) is 0.560. The number of rotatable bonds is 1. The molecule has 0 fully saturated rings. The average Bonchev–Trinajstić information content (AvgIpc) is 1.94. The molecule has 0 bridgehead atoms. The van der Waals surface area contributed by atoms with Gasteiger partial charge in [-0.2, -0.15) is 4.73 Å². The van der Waals surface area contributed by atoms with E-state index in [2.05, 4.69) is 15.9 Å². The van der Waals surface area contributed by atoms with Crippen molar-refractivity contribution in [2.24, 2.45) is 0 Å². The van der Waals surface area contributed by atoms with Gasteiger partial charge in [0.1, 0.15) is 0 Å². The van der Waals surface area contributed by atoms with E-state index < -0.39 is 4.92 Å². The second-order valence-corrected chi connectivity index (χ2v) is 2.61. The third-order valence-corrected chi connectivity index (χ3v) is 1.68. The Bertz CT molecular complexity index is 302. The number of hydrogen-bond acceptors (Lipinski definition) is 3. The van der Waals surface area contributed by atoms with Crippen molar-refractivity contribution in [2.75, 3.05) is 0 Å². The fraction of sp³-hybridized carbons (Fsp3) is 0. The van der Waals surface area contributed by atoms with E-state index in [9.17, 15) is 15.3 Å². The zero-order chi connectivity index (χ0) is 8.43. The molecule has 1 heterocycles. The molecule has 11 heavy (non-hydrogen) atoms. The van der Waals surface area contributed by atoms with Gasteiger partial charge in [0.05, 0.1) is 4.92 Å². The zero-order valence-electron chi connectivity index (χ0n) is 5.23. The maximum absolute atomic E-state index is 10.7. The van der Waals surface area contributed by atoms with Gasteiger partial charge in [-0.3, -0.25) is 10.1 Å². The molecule has 0 spiro atoms. The maximum atomic E-state index is 10.7. The van der Waals surface area contributed by atoms with Gasteiger partial charge in [-0.05, 0) is 0 Å². The van der Waals surface area contributed by atoms with Crippen molar-refractivity contribution in [3.63, 3.8) is 0 Å². The van der Waals surface area contributed by atoms with Crippen molar-refractivity contribution >= 4 is 21.6 Å². The van der Waals surface area contributed by atoms with Crippen LogP contribution >= 0.6 is 15.9 Å². The normalized spacial score (nSPS) is 9.55. The van der Waals surface area contributed by atoms with Crippen LogP contribution in [0.1, 0.15) is 0 Å². The molecular weight excluding hydrogens is 216 g/mol. The highest BCUT2D eigenvalue weighted by atomic mass is 79.9. The summed E-state index contributed by atoms with van der Waals surface area (Å²) in [6.07, 6.45) is 0.893. The van der Waals surface area contributed by atoms with Gasteiger partial charge in [0.15, 0.2) is 0 Å². The first-order valence-corrected chi connectivity index (χ1v) is 3.43. The minimum atomic E-state index is -0.624. The lowest BCUT2D eigenvalue weighted by atomic mass is 10.4. The van der Waals surface area contributed by atoms with Crippen molar-refractivity contribution in [3.05, 3.63) is 38.3 Å². The summed E-state index contributed by atoms with van der Waals surface area (Å²) >= 11 is 2.91. The maximum Gasteiger partial charge on any atom is 0.333 e. The third kappa shape index (κ3) is 1.64. The number of aromatic nitrogens is 1. The summed E-state index contributed by atoms with van der Waals surface area (Å²) in [6, 6.07) is 2.57. The summed E-state index contributed by atoms with van der Waals surface area (Å²) in [5.74, 6) is 0. The van der Waals surface area contributed by atoms with Crippen LogP contribution in [0.4, 0.5) is 5.69 Å². The van der Waals surface area contributed by atoms with Gasteiger partial charge in [0.25, 0.3) is 10.8 Å². The van der Waals surface area contributed by atoms with Crippen LogP contribution in [0.3, 0.4) is 0 Å². The Labute approximate surface area is 70.1 Å².